The molecule has 1 N–H and O–H groups in total. The van der Waals surface area contributed by atoms with Gasteiger partial charge in [-0.1, -0.05) is 35.9 Å². The lowest BCUT2D eigenvalue weighted by atomic mass is 10.0. The third-order valence-corrected chi connectivity index (χ3v) is 5.18. The topological polar surface area (TPSA) is 63.2 Å². The molecule has 0 spiro atoms. The largest absolute Gasteiger partial charge is 0.345 e. The number of sulfone groups is 1. The van der Waals surface area contributed by atoms with Gasteiger partial charge in [0.1, 0.15) is 0 Å². The molecule has 0 aliphatic heterocycles. The van der Waals surface area contributed by atoms with Crippen molar-refractivity contribution in [1.29, 1.82) is 0 Å². The summed E-state index contributed by atoms with van der Waals surface area (Å²) in [5.74, 6) is -0.135. The molecule has 0 saturated heterocycles. The highest BCUT2D eigenvalue weighted by atomic mass is 32.2. The zero-order chi connectivity index (χ0) is 17.3. The highest BCUT2D eigenvalue weighted by molar-refractivity contribution is 7.89. The van der Waals surface area contributed by atoms with Crippen LogP contribution in [0.1, 0.15) is 45.1 Å². The Balaban J connectivity index is 1.70. The minimum absolute atomic E-state index is 0.00967. The summed E-state index contributed by atoms with van der Waals surface area (Å²) in [6.07, 6.45) is 3.10. The Morgan fingerprint density at radius 1 is 1.17 bits per heavy atom. The van der Waals surface area contributed by atoms with Crippen molar-refractivity contribution in [2.24, 2.45) is 0 Å². The van der Waals surface area contributed by atoms with Gasteiger partial charge in [0.05, 0.1) is 11.8 Å². The zero-order valence-corrected chi connectivity index (χ0v) is 14.7. The van der Waals surface area contributed by atoms with Crippen LogP contribution in [-0.4, -0.2) is 20.6 Å². The fourth-order valence-corrected chi connectivity index (χ4v) is 3.99. The standard InChI is InChI=1S/C19H21NO3S/c1-13-3-9-17-16(11-13)8-10-18(17)20-19(21)15-6-4-14(5-7-15)12-24(2,22)23/h3-7,9,11,18H,8,10,12H2,1-2H3,(H,20,21)/t18-/m1/s1. The molecule has 0 unspecified atom stereocenters. The van der Waals surface area contributed by atoms with E-state index in [0.717, 1.165) is 12.8 Å². The molecular formula is C19H21NO3S. The molecule has 0 heterocycles. The van der Waals surface area contributed by atoms with Gasteiger partial charge < -0.3 is 5.32 Å². The average Bonchev–Trinajstić information content (AvgIpc) is 2.88. The highest BCUT2D eigenvalue weighted by Crippen LogP contribution is 2.31. The van der Waals surface area contributed by atoms with E-state index in [1.165, 1.54) is 22.9 Å². The zero-order valence-electron chi connectivity index (χ0n) is 13.9. The van der Waals surface area contributed by atoms with Crippen LogP contribution in [0.25, 0.3) is 0 Å². The van der Waals surface area contributed by atoms with Gasteiger partial charge in [-0.05, 0) is 48.6 Å². The molecule has 0 aromatic heterocycles. The van der Waals surface area contributed by atoms with Gasteiger partial charge >= 0.3 is 0 Å². The molecule has 3 rings (SSSR count). The van der Waals surface area contributed by atoms with Crippen LogP contribution in [0, 0.1) is 6.92 Å². The Labute approximate surface area is 142 Å². The number of nitrogens with one attached hydrogen (secondary N) is 1. The maximum absolute atomic E-state index is 12.4. The number of carbonyl (C=O) groups is 1. The Hall–Kier alpha value is -2.14. The molecule has 0 radical (unpaired) electrons. The van der Waals surface area contributed by atoms with E-state index in [4.69, 9.17) is 0 Å². The summed E-state index contributed by atoms with van der Waals surface area (Å²) in [6, 6.07) is 13.2. The van der Waals surface area contributed by atoms with Crippen LogP contribution < -0.4 is 5.32 Å². The van der Waals surface area contributed by atoms with E-state index in [0.29, 0.717) is 11.1 Å². The van der Waals surface area contributed by atoms with E-state index in [2.05, 4.69) is 30.4 Å². The van der Waals surface area contributed by atoms with E-state index < -0.39 is 9.84 Å². The van der Waals surface area contributed by atoms with Crippen molar-refractivity contribution in [1.82, 2.24) is 5.32 Å². The van der Waals surface area contributed by atoms with E-state index in [1.54, 1.807) is 24.3 Å². The van der Waals surface area contributed by atoms with Crippen LogP contribution in [0.5, 0.6) is 0 Å². The van der Waals surface area contributed by atoms with Crippen molar-refractivity contribution in [3.05, 3.63) is 70.3 Å². The van der Waals surface area contributed by atoms with Crippen LogP contribution in [0.15, 0.2) is 42.5 Å². The lowest BCUT2D eigenvalue weighted by Crippen LogP contribution is -2.27. The third kappa shape index (κ3) is 3.85. The second-order valence-corrected chi connectivity index (χ2v) is 8.67. The molecule has 0 fully saturated rings. The van der Waals surface area contributed by atoms with Crippen molar-refractivity contribution in [3.8, 4) is 0 Å². The van der Waals surface area contributed by atoms with Crippen LogP contribution in [0.2, 0.25) is 0 Å². The summed E-state index contributed by atoms with van der Waals surface area (Å²) in [5, 5.41) is 3.08. The molecule has 5 heteroatoms. The summed E-state index contributed by atoms with van der Waals surface area (Å²) >= 11 is 0. The summed E-state index contributed by atoms with van der Waals surface area (Å²) in [5.41, 5.74) is 4.98. The van der Waals surface area contributed by atoms with Gasteiger partial charge in [-0.15, -0.1) is 0 Å². The van der Waals surface area contributed by atoms with E-state index in [9.17, 15) is 13.2 Å². The number of carbonyl (C=O) groups excluding carboxylic acids is 1. The smallest absolute Gasteiger partial charge is 0.251 e. The highest BCUT2D eigenvalue weighted by Gasteiger charge is 2.24. The van der Waals surface area contributed by atoms with Gasteiger partial charge in [0, 0.05) is 11.8 Å². The van der Waals surface area contributed by atoms with Gasteiger partial charge in [-0.2, -0.15) is 0 Å². The van der Waals surface area contributed by atoms with Gasteiger partial charge in [-0.3, -0.25) is 4.79 Å². The maximum atomic E-state index is 12.4. The molecule has 1 aliphatic rings. The number of amides is 1. The molecular weight excluding hydrogens is 322 g/mol. The number of hydrogen-bond acceptors (Lipinski definition) is 3. The summed E-state index contributed by atoms with van der Waals surface area (Å²) in [6.45, 7) is 2.07. The average molecular weight is 343 g/mol. The molecule has 2 aromatic rings. The molecule has 2 aromatic carbocycles. The lowest BCUT2D eigenvalue weighted by Gasteiger charge is -2.14. The molecule has 1 amide bonds. The van der Waals surface area contributed by atoms with E-state index in [-0.39, 0.29) is 17.7 Å². The number of fused-ring (bicyclic) bond motifs is 1. The second-order valence-electron chi connectivity index (χ2n) is 6.53. The molecule has 1 aliphatic carbocycles. The first-order chi connectivity index (χ1) is 11.3. The molecule has 24 heavy (non-hydrogen) atoms. The molecule has 0 saturated carbocycles. The SMILES string of the molecule is Cc1ccc2c(c1)CC[C@H]2NC(=O)c1ccc(CS(C)(=O)=O)cc1. The van der Waals surface area contributed by atoms with E-state index >= 15 is 0 Å². The van der Waals surface area contributed by atoms with Crippen molar-refractivity contribution in [2.75, 3.05) is 6.26 Å². The lowest BCUT2D eigenvalue weighted by molar-refractivity contribution is 0.0936. The summed E-state index contributed by atoms with van der Waals surface area (Å²) in [4.78, 5) is 12.4. The molecule has 4 nitrogen and oxygen atoms in total. The van der Waals surface area contributed by atoms with Gasteiger partial charge in [0.15, 0.2) is 9.84 Å². The predicted octanol–water partition coefficient (Wildman–Crippen LogP) is 2.96. The third-order valence-electron chi connectivity index (χ3n) is 4.33. The fraction of sp³-hybridized carbons (Fsp3) is 0.316. The number of aryl methyl sites for hydroxylation is 2. The van der Waals surface area contributed by atoms with Crippen molar-refractivity contribution in [3.63, 3.8) is 0 Å². The first-order valence-corrected chi connectivity index (χ1v) is 10.0. The van der Waals surface area contributed by atoms with Gasteiger partial charge in [-0.25, -0.2) is 8.42 Å². The Bertz CT molecular complexity index is 870. The minimum Gasteiger partial charge on any atom is -0.345 e. The Morgan fingerprint density at radius 3 is 2.54 bits per heavy atom. The Kier molecular flexibility index (Phi) is 4.45. The van der Waals surface area contributed by atoms with Crippen molar-refractivity contribution >= 4 is 15.7 Å². The van der Waals surface area contributed by atoms with Crippen molar-refractivity contribution < 1.29 is 13.2 Å². The quantitative estimate of drug-likeness (QED) is 0.928. The molecule has 126 valence electrons. The Morgan fingerprint density at radius 2 is 1.88 bits per heavy atom. The maximum Gasteiger partial charge on any atom is 0.251 e. The fourth-order valence-electron chi connectivity index (χ4n) is 3.19. The molecule has 1 atom stereocenters. The summed E-state index contributed by atoms with van der Waals surface area (Å²) in [7, 11) is -3.07. The number of rotatable bonds is 4. The van der Waals surface area contributed by atoms with Crippen LogP contribution in [0.4, 0.5) is 0 Å². The normalized spacial score (nSPS) is 16.7. The minimum atomic E-state index is -3.07. The van der Waals surface area contributed by atoms with Crippen LogP contribution >= 0.6 is 0 Å². The van der Waals surface area contributed by atoms with Crippen LogP contribution in [0.3, 0.4) is 0 Å². The monoisotopic (exact) mass is 343 g/mol. The summed E-state index contributed by atoms with van der Waals surface area (Å²) < 4.78 is 22.6. The number of hydrogen-bond donors (Lipinski definition) is 1. The van der Waals surface area contributed by atoms with Crippen LogP contribution in [-0.2, 0) is 22.0 Å². The first-order valence-electron chi connectivity index (χ1n) is 7.99. The predicted molar refractivity (Wildman–Crippen MR) is 94.7 cm³/mol. The van der Waals surface area contributed by atoms with Gasteiger partial charge in [0.2, 0.25) is 0 Å². The van der Waals surface area contributed by atoms with Crippen molar-refractivity contribution in [2.45, 2.75) is 31.6 Å². The van der Waals surface area contributed by atoms with Gasteiger partial charge in [0.25, 0.3) is 5.91 Å². The molecule has 0 bridgehead atoms. The first kappa shape index (κ1) is 16.7. The number of benzene rings is 2. The van der Waals surface area contributed by atoms with E-state index in [1.807, 2.05) is 0 Å². The second kappa shape index (κ2) is 6.40.